The van der Waals surface area contributed by atoms with Crippen molar-refractivity contribution in [3.63, 3.8) is 0 Å². The van der Waals surface area contributed by atoms with E-state index in [1.165, 1.54) is 6.08 Å². The Morgan fingerprint density at radius 3 is 3.00 bits per heavy atom. The molecule has 0 bridgehead atoms. The molecular formula is C14H13Cl2N3O. The summed E-state index contributed by atoms with van der Waals surface area (Å²) in [7, 11) is 0. The van der Waals surface area contributed by atoms with Gasteiger partial charge in [0.1, 0.15) is 5.82 Å². The zero-order chi connectivity index (χ0) is 14.5. The quantitative estimate of drug-likeness (QED) is 0.841. The molecule has 0 radical (unpaired) electrons. The number of amides is 1. The summed E-state index contributed by atoms with van der Waals surface area (Å²) < 4.78 is 0. The molecule has 0 spiro atoms. The first-order chi connectivity index (χ1) is 9.61. The summed E-state index contributed by atoms with van der Waals surface area (Å²) in [6.45, 7) is 1.99. The van der Waals surface area contributed by atoms with Gasteiger partial charge in [0.15, 0.2) is 0 Å². The van der Waals surface area contributed by atoms with Gasteiger partial charge in [0.05, 0.1) is 16.2 Å². The lowest BCUT2D eigenvalue weighted by atomic mass is 10.2. The van der Waals surface area contributed by atoms with Gasteiger partial charge < -0.3 is 5.32 Å². The third kappa shape index (κ3) is 3.40. The molecule has 0 unspecified atom stereocenters. The summed E-state index contributed by atoms with van der Waals surface area (Å²) >= 11 is 11.9. The number of carbonyl (C=O) groups is 1. The SMILES string of the molecule is CCc1cn[nH]c1NC(=O)/C=C/c1cccc(Cl)c1Cl. The fraction of sp³-hybridized carbons (Fsp3) is 0.143. The van der Waals surface area contributed by atoms with Crippen molar-refractivity contribution in [2.45, 2.75) is 13.3 Å². The highest BCUT2D eigenvalue weighted by atomic mass is 35.5. The number of anilines is 1. The lowest BCUT2D eigenvalue weighted by Gasteiger charge is -2.02. The van der Waals surface area contributed by atoms with Gasteiger partial charge in [0.25, 0.3) is 0 Å². The molecule has 0 fully saturated rings. The summed E-state index contributed by atoms with van der Waals surface area (Å²) in [4.78, 5) is 11.8. The Labute approximate surface area is 126 Å². The Bertz CT molecular complexity index is 650. The maximum Gasteiger partial charge on any atom is 0.249 e. The van der Waals surface area contributed by atoms with Crippen LogP contribution in [0.25, 0.3) is 6.08 Å². The van der Waals surface area contributed by atoms with Gasteiger partial charge in [-0.25, -0.2) is 0 Å². The normalized spacial score (nSPS) is 10.9. The highest BCUT2D eigenvalue weighted by Crippen LogP contribution is 2.26. The van der Waals surface area contributed by atoms with Crippen molar-refractivity contribution in [3.8, 4) is 0 Å². The van der Waals surface area contributed by atoms with Gasteiger partial charge in [-0.05, 0) is 24.1 Å². The van der Waals surface area contributed by atoms with Gasteiger partial charge >= 0.3 is 0 Å². The van der Waals surface area contributed by atoms with Crippen LogP contribution in [0.3, 0.4) is 0 Å². The Morgan fingerprint density at radius 1 is 1.45 bits per heavy atom. The number of H-pyrrole nitrogens is 1. The Hall–Kier alpha value is -1.78. The maximum atomic E-state index is 11.8. The highest BCUT2D eigenvalue weighted by molar-refractivity contribution is 6.42. The minimum atomic E-state index is -0.264. The van der Waals surface area contributed by atoms with Crippen LogP contribution >= 0.6 is 23.2 Å². The molecule has 1 amide bonds. The molecule has 1 aromatic carbocycles. The zero-order valence-electron chi connectivity index (χ0n) is 10.8. The van der Waals surface area contributed by atoms with E-state index in [1.54, 1.807) is 30.5 Å². The van der Waals surface area contributed by atoms with Crippen LogP contribution in [0.1, 0.15) is 18.1 Å². The number of hydrogen-bond donors (Lipinski definition) is 2. The number of hydrogen-bond acceptors (Lipinski definition) is 2. The summed E-state index contributed by atoms with van der Waals surface area (Å²) in [6.07, 6.45) is 5.49. The average molecular weight is 310 g/mol. The third-order valence-corrected chi connectivity index (χ3v) is 3.58. The molecule has 2 N–H and O–H groups in total. The summed E-state index contributed by atoms with van der Waals surface area (Å²) in [5.74, 6) is 0.347. The van der Waals surface area contributed by atoms with Crippen molar-refractivity contribution in [1.82, 2.24) is 10.2 Å². The molecule has 0 aliphatic heterocycles. The minimum absolute atomic E-state index is 0.264. The maximum absolute atomic E-state index is 11.8. The van der Waals surface area contributed by atoms with Crippen molar-refractivity contribution in [3.05, 3.63) is 51.6 Å². The lowest BCUT2D eigenvalue weighted by molar-refractivity contribution is -0.111. The Morgan fingerprint density at radius 2 is 2.25 bits per heavy atom. The van der Waals surface area contributed by atoms with E-state index in [0.717, 1.165) is 12.0 Å². The Kier molecular flexibility index (Phi) is 4.82. The van der Waals surface area contributed by atoms with Crippen LogP contribution in [0.4, 0.5) is 5.82 Å². The second-order valence-electron chi connectivity index (χ2n) is 4.09. The molecule has 0 aliphatic rings. The van der Waals surface area contributed by atoms with Gasteiger partial charge in [-0.15, -0.1) is 0 Å². The standard InChI is InChI=1S/C14H13Cl2N3O/c1-2-9-8-17-19-14(9)18-12(20)7-6-10-4-3-5-11(15)13(10)16/h3-8H,2H2,1H3,(H2,17,18,19,20)/b7-6+. The first-order valence-electron chi connectivity index (χ1n) is 6.07. The van der Waals surface area contributed by atoms with Crippen molar-refractivity contribution < 1.29 is 4.79 Å². The molecule has 1 heterocycles. The van der Waals surface area contributed by atoms with Gasteiger partial charge in [0.2, 0.25) is 5.91 Å². The molecular weight excluding hydrogens is 297 g/mol. The summed E-state index contributed by atoms with van der Waals surface area (Å²) in [5.41, 5.74) is 1.64. The first-order valence-corrected chi connectivity index (χ1v) is 6.82. The van der Waals surface area contributed by atoms with Crippen LogP contribution in [-0.2, 0) is 11.2 Å². The number of rotatable bonds is 4. The van der Waals surface area contributed by atoms with E-state index in [2.05, 4.69) is 15.5 Å². The first kappa shape index (κ1) is 14.6. The average Bonchev–Trinajstić information content (AvgIpc) is 2.87. The van der Waals surface area contributed by atoms with E-state index in [4.69, 9.17) is 23.2 Å². The summed E-state index contributed by atoms with van der Waals surface area (Å²) in [6, 6.07) is 5.25. The number of halogens is 2. The lowest BCUT2D eigenvalue weighted by Crippen LogP contribution is -2.09. The van der Waals surface area contributed by atoms with Gasteiger partial charge in [-0.2, -0.15) is 5.10 Å². The van der Waals surface area contributed by atoms with E-state index < -0.39 is 0 Å². The van der Waals surface area contributed by atoms with Crippen LogP contribution < -0.4 is 5.32 Å². The second kappa shape index (κ2) is 6.59. The minimum Gasteiger partial charge on any atom is -0.307 e. The molecule has 2 rings (SSSR count). The third-order valence-electron chi connectivity index (χ3n) is 2.74. The number of nitrogens with zero attached hydrogens (tertiary/aromatic N) is 1. The van der Waals surface area contributed by atoms with Crippen LogP contribution in [0.2, 0.25) is 10.0 Å². The van der Waals surface area contributed by atoms with E-state index >= 15 is 0 Å². The predicted octanol–water partition coefficient (Wildman–Crippen LogP) is 3.93. The van der Waals surface area contributed by atoms with Crippen LogP contribution in [0, 0.1) is 0 Å². The number of nitrogens with one attached hydrogen (secondary N) is 2. The van der Waals surface area contributed by atoms with Crippen molar-refractivity contribution in [1.29, 1.82) is 0 Å². The van der Waals surface area contributed by atoms with Crippen LogP contribution in [-0.4, -0.2) is 16.1 Å². The van der Waals surface area contributed by atoms with Gasteiger partial charge in [0, 0.05) is 11.6 Å². The second-order valence-corrected chi connectivity index (χ2v) is 4.87. The number of benzene rings is 1. The topological polar surface area (TPSA) is 57.8 Å². The Balaban J connectivity index is 2.08. The van der Waals surface area contributed by atoms with E-state index in [0.29, 0.717) is 21.4 Å². The molecule has 0 atom stereocenters. The summed E-state index contributed by atoms with van der Waals surface area (Å²) in [5, 5.41) is 10.2. The van der Waals surface area contributed by atoms with Crippen molar-refractivity contribution in [2.24, 2.45) is 0 Å². The smallest absolute Gasteiger partial charge is 0.249 e. The van der Waals surface area contributed by atoms with Gasteiger partial charge in [-0.3, -0.25) is 9.89 Å². The molecule has 0 saturated heterocycles. The number of aryl methyl sites for hydroxylation is 1. The fourth-order valence-electron chi connectivity index (χ4n) is 1.67. The molecule has 0 saturated carbocycles. The molecule has 4 nitrogen and oxygen atoms in total. The number of aromatic amines is 1. The molecule has 2 aromatic rings. The van der Waals surface area contributed by atoms with E-state index in [1.807, 2.05) is 6.92 Å². The zero-order valence-corrected chi connectivity index (χ0v) is 12.3. The predicted molar refractivity (Wildman–Crippen MR) is 82.1 cm³/mol. The molecule has 6 heteroatoms. The molecule has 1 aromatic heterocycles. The van der Waals surface area contributed by atoms with Gasteiger partial charge in [-0.1, -0.05) is 42.3 Å². The van der Waals surface area contributed by atoms with Crippen molar-refractivity contribution in [2.75, 3.05) is 5.32 Å². The van der Waals surface area contributed by atoms with Crippen LogP contribution in [0.15, 0.2) is 30.5 Å². The highest BCUT2D eigenvalue weighted by Gasteiger charge is 2.06. The van der Waals surface area contributed by atoms with Crippen molar-refractivity contribution >= 4 is 41.0 Å². The fourth-order valence-corrected chi connectivity index (χ4v) is 2.04. The molecule has 104 valence electrons. The monoisotopic (exact) mass is 309 g/mol. The van der Waals surface area contributed by atoms with E-state index in [9.17, 15) is 4.79 Å². The number of aromatic nitrogens is 2. The van der Waals surface area contributed by atoms with Crippen LogP contribution in [0.5, 0.6) is 0 Å². The molecule has 0 aliphatic carbocycles. The number of carbonyl (C=O) groups excluding carboxylic acids is 1. The van der Waals surface area contributed by atoms with E-state index in [-0.39, 0.29) is 5.91 Å². The molecule has 20 heavy (non-hydrogen) atoms. The largest absolute Gasteiger partial charge is 0.307 e.